The highest BCUT2D eigenvalue weighted by Crippen LogP contribution is 2.52. The fourth-order valence-corrected chi connectivity index (χ4v) is 4.05. The first kappa shape index (κ1) is 18.6. The van der Waals surface area contributed by atoms with Crippen LogP contribution in [0.3, 0.4) is 0 Å². The maximum atomic E-state index is 12.2. The standard InChI is InChI=1S/C18H20N2O2S.ClH/c1-13(21)20-15-8-3-5-10-17(15)23-18(20)14-7-2-4-9-16(14)22-12-6-11-19;/h2-5,7-10,18H,6,11-12,19H2,1H3;1H. The van der Waals surface area contributed by atoms with Crippen molar-refractivity contribution >= 4 is 35.8 Å². The number of nitrogens with two attached hydrogens (primary N) is 1. The van der Waals surface area contributed by atoms with E-state index in [1.165, 1.54) is 0 Å². The number of hydrogen-bond acceptors (Lipinski definition) is 4. The molecule has 0 aliphatic carbocycles. The smallest absolute Gasteiger partial charge is 0.225 e. The molecule has 2 N–H and O–H groups in total. The van der Waals surface area contributed by atoms with E-state index in [0.717, 1.165) is 28.3 Å². The summed E-state index contributed by atoms with van der Waals surface area (Å²) in [5.74, 6) is 0.849. The summed E-state index contributed by atoms with van der Waals surface area (Å²) in [6, 6.07) is 15.9. The normalized spacial score (nSPS) is 15.6. The maximum Gasteiger partial charge on any atom is 0.225 e. The van der Waals surface area contributed by atoms with E-state index in [0.29, 0.717) is 13.2 Å². The summed E-state index contributed by atoms with van der Waals surface area (Å²) in [6.45, 7) is 2.79. The van der Waals surface area contributed by atoms with Crippen LogP contribution in [0, 0.1) is 0 Å². The molecule has 4 nitrogen and oxygen atoms in total. The molecule has 0 fully saturated rings. The van der Waals surface area contributed by atoms with Gasteiger partial charge in [-0.15, -0.1) is 12.4 Å². The predicted molar refractivity (Wildman–Crippen MR) is 101 cm³/mol. The molecule has 1 atom stereocenters. The van der Waals surface area contributed by atoms with Crippen molar-refractivity contribution in [2.45, 2.75) is 23.6 Å². The van der Waals surface area contributed by atoms with E-state index in [1.807, 2.05) is 53.4 Å². The fraction of sp³-hybridized carbons (Fsp3) is 0.278. The van der Waals surface area contributed by atoms with Crippen molar-refractivity contribution in [3.63, 3.8) is 0 Å². The van der Waals surface area contributed by atoms with Gasteiger partial charge < -0.3 is 10.5 Å². The van der Waals surface area contributed by atoms with E-state index in [9.17, 15) is 4.79 Å². The third-order valence-corrected chi connectivity index (χ3v) is 5.02. The number of fused-ring (bicyclic) bond motifs is 1. The fourth-order valence-electron chi connectivity index (χ4n) is 2.67. The van der Waals surface area contributed by atoms with Crippen LogP contribution in [0.25, 0.3) is 0 Å². The second kappa shape index (κ2) is 8.42. The van der Waals surface area contributed by atoms with Gasteiger partial charge in [0.05, 0.1) is 12.3 Å². The number of halogens is 1. The number of thioether (sulfide) groups is 1. The average Bonchev–Trinajstić information content (AvgIpc) is 2.95. The molecule has 2 aromatic carbocycles. The summed E-state index contributed by atoms with van der Waals surface area (Å²) in [6.07, 6.45) is 0.808. The van der Waals surface area contributed by atoms with Crippen LogP contribution in [-0.4, -0.2) is 19.1 Å². The Bertz CT molecular complexity index is 711. The zero-order valence-corrected chi connectivity index (χ0v) is 15.1. The topological polar surface area (TPSA) is 55.6 Å². The number of benzene rings is 2. The quantitative estimate of drug-likeness (QED) is 0.815. The molecule has 0 radical (unpaired) electrons. The Balaban J connectivity index is 0.00000208. The van der Waals surface area contributed by atoms with E-state index in [2.05, 4.69) is 0 Å². The highest BCUT2D eigenvalue weighted by atomic mass is 35.5. The number of amides is 1. The number of anilines is 1. The number of carbonyl (C=O) groups is 1. The van der Waals surface area contributed by atoms with Crippen molar-refractivity contribution in [2.24, 2.45) is 5.73 Å². The van der Waals surface area contributed by atoms with Gasteiger partial charge in [-0.3, -0.25) is 9.69 Å². The maximum absolute atomic E-state index is 12.2. The van der Waals surface area contributed by atoms with Crippen LogP contribution in [0.4, 0.5) is 5.69 Å². The lowest BCUT2D eigenvalue weighted by molar-refractivity contribution is -0.116. The molecule has 0 saturated heterocycles. The molecule has 0 spiro atoms. The lowest BCUT2D eigenvalue weighted by Gasteiger charge is -2.25. The van der Waals surface area contributed by atoms with E-state index in [4.69, 9.17) is 10.5 Å². The first-order valence-electron chi connectivity index (χ1n) is 7.69. The van der Waals surface area contributed by atoms with Crippen molar-refractivity contribution in [2.75, 3.05) is 18.1 Å². The average molecular weight is 365 g/mol. The molecule has 1 aliphatic rings. The van der Waals surface area contributed by atoms with Gasteiger partial charge in [-0.1, -0.05) is 42.1 Å². The number of ether oxygens (including phenoxy) is 1. The largest absolute Gasteiger partial charge is 0.493 e. The third kappa shape index (κ3) is 3.69. The molecule has 24 heavy (non-hydrogen) atoms. The minimum absolute atomic E-state index is 0. The SMILES string of the molecule is CC(=O)N1c2ccccc2SC1c1ccccc1OCCCN.Cl. The molecular formula is C18H21ClN2O2S. The highest BCUT2D eigenvalue weighted by molar-refractivity contribution is 8.00. The van der Waals surface area contributed by atoms with Gasteiger partial charge in [0.25, 0.3) is 0 Å². The molecule has 1 unspecified atom stereocenters. The summed E-state index contributed by atoms with van der Waals surface area (Å²) in [7, 11) is 0. The lowest BCUT2D eigenvalue weighted by atomic mass is 10.1. The van der Waals surface area contributed by atoms with Crippen molar-refractivity contribution in [3.8, 4) is 5.75 Å². The number of nitrogens with zero attached hydrogens (tertiary/aromatic N) is 1. The molecule has 6 heteroatoms. The lowest BCUT2D eigenvalue weighted by Crippen LogP contribution is -2.28. The summed E-state index contributed by atoms with van der Waals surface area (Å²) in [5.41, 5.74) is 7.51. The van der Waals surface area contributed by atoms with E-state index in [1.54, 1.807) is 18.7 Å². The van der Waals surface area contributed by atoms with Crippen molar-refractivity contribution < 1.29 is 9.53 Å². The molecule has 0 bridgehead atoms. The monoisotopic (exact) mass is 364 g/mol. The van der Waals surface area contributed by atoms with Gasteiger partial charge in [-0.25, -0.2) is 0 Å². The van der Waals surface area contributed by atoms with Crippen LogP contribution >= 0.6 is 24.2 Å². The van der Waals surface area contributed by atoms with Gasteiger partial charge in [0.15, 0.2) is 0 Å². The summed E-state index contributed by atoms with van der Waals surface area (Å²) in [5, 5.41) is -0.0982. The van der Waals surface area contributed by atoms with Gasteiger partial charge in [0.2, 0.25) is 5.91 Å². The Morgan fingerprint density at radius 3 is 2.67 bits per heavy atom. The molecule has 1 aliphatic heterocycles. The summed E-state index contributed by atoms with van der Waals surface area (Å²) < 4.78 is 5.89. The molecule has 128 valence electrons. The molecular weight excluding hydrogens is 344 g/mol. The van der Waals surface area contributed by atoms with Crippen molar-refractivity contribution in [1.82, 2.24) is 0 Å². The molecule has 1 amide bonds. The minimum atomic E-state index is -0.0982. The summed E-state index contributed by atoms with van der Waals surface area (Å²) in [4.78, 5) is 15.2. The Labute approximate surface area is 152 Å². The van der Waals surface area contributed by atoms with Gasteiger partial charge in [-0.05, 0) is 31.2 Å². The predicted octanol–water partition coefficient (Wildman–Crippen LogP) is 3.99. The van der Waals surface area contributed by atoms with Crippen LogP contribution < -0.4 is 15.4 Å². The molecule has 3 rings (SSSR count). The number of carbonyl (C=O) groups excluding carboxylic acids is 1. The molecule has 1 heterocycles. The Hall–Kier alpha value is -1.69. The van der Waals surface area contributed by atoms with Gasteiger partial charge in [0.1, 0.15) is 11.1 Å². The second-order valence-corrected chi connectivity index (χ2v) is 6.48. The van der Waals surface area contributed by atoms with Gasteiger partial charge in [-0.2, -0.15) is 0 Å². The summed E-state index contributed by atoms with van der Waals surface area (Å²) >= 11 is 1.68. The number of rotatable bonds is 5. The van der Waals surface area contributed by atoms with Crippen molar-refractivity contribution in [1.29, 1.82) is 0 Å². The van der Waals surface area contributed by atoms with Crippen LogP contribution in [0.5, 0.6) is 5.75 Å². The number of para-hydroxylation sites is 2. The Morgan fingerprint density at radius 1 is 1.21 bits per heavy atom. The van der Waals surface area contributed by atoms with Gasteiger partial charge >= 0.3 is 0 Å². The molecule has 2 aromatic rings. The highest BCUT2D eigenvalue weighted by Gasteiger charge is 2.35. The Kier molecular flexibility index (Phi) is 6.54. The van der Waals surface area contributed by atoms with E-state index < -0.39 is 0 Å². The first-order chi connectivity index (χ1) is 11.2. The van der Waals surface area contributed by atoms with Crippen molar-refractivity contribution in [3.05, 3.63) is 54.1 Å². The van der Waals surface area contributed by atoms with Gasteiger partial charge in [0, 0.05) is 17.4 Å². The van der Waals surface area contributed by atoms with Crippen LogP contribution in [0.2, 0.25) is 0 Å². The van der Waals surface area contributed by atoms with Crippen LogP contribution in [-0.2, 0) is 4.79 Å². The van der Waals surface area contributed by atoms with Crippen LogP contribution in [0.1, 0.15) is 24.3 Å². The zero-order chi connectivity index (χ0) is 16.2. The zero-order valence-electron chi connectivity index (χ0n) is 13.5. The first-order valence-corrected chi connectivity index (χ1v) is 8.57. The molecule has 0 saturated carbocycles. The Morgan fingerprint density at radius 2 is 1.92 bits per heavy atom. The minimum Gasteiger partial charge on any atom is -0.493 e. The van der Waals surface area contributed by atoms with E-state index in [-0.39, 0.29) is 23.7 Å². The third-order valence-electron chi connectivity index (χ3n) is 3.73. The van der Waals surface area contributed by atoms with E-state index >= 15 is 0 Å². The number of hydrogen-bond donors (Lipinski definition) is 1. The second-order valence-electron chi connectivity index (χ2n) is 5.36. The molecule has 0 aromatic heterocycles. The van der Waals surface area contributed by atoms with Crippen LogP contribution in [0.15, 0.2) is 53.4 Å².